The van der Waals surface area contributed by atoms with E-state index >= 15 is 0 Å². The summed E-state index contributed by atoms with van der Waals surface area (Å²) < 4.78 is 7.85. The highest BCUT2D eigenvalue weighted by Gasteiger charge is 2.47. The Morgan fingerprint density at radius 2 is 1.30 bits per heavy atom. The van der Waals surface area contributed by atoms with Crippen LogP contribution in [0, 0.1) is 0 Å². The van der Waals surface area contributed by atoms with Crippen molar-refractivity contribution in [2.75, 3.05) is 21.3 Å². The maximum atomic E-state index is 11.2. The summed E-state index contributed by atoms with van der Waals surface area (Å²) in [4.78, 5) is 33.2. The zero-order valence-electron chi connectivity index (χ0n) is 31.5. The van der Waals surface area contributed by atoms with Crippen LogP contribution in [-0.4, -0.2) is 118 Å². The number of nitrogens with one attached hydrogen (secondary N) is 5. The molecule has 4 aliphatic rings. The van der Waals surface area contributed by atoms with Crippen molar-refractivity contribution in [3.8, 4) is 0 Å². The Labute approximate surface area is 322 Å². The van der Waals surface area contributed by atoms with Crippen molar-refractivity contribution in [3.05, 3.63) is 18.5 Å². The fourth-order valence-electron chi connectivity index (χ4n) is 8.54. The molecule has 0 bridgehead atoms. The van der Waals surface area contributed by atoms with Gasteiger partial charge in [-0.2, -0.15) is 24.7 Å². The van der Waals surface area contributed by atoms with E-state index in [1.165, 1.54) is 4.80 Å². The topological polar surface area (TPSA) is 292 Å². The van der Waals surface area contributed by atoms with Crippen molar-refractivity contribution in [2.24, 2.45) is 11.5 Å². The van der Waals surface area contributed by atoms with E-state index in [1.54, 1.807) is 17.2 Å². The van der Waals surface area contributed by atoms with Gasteiger partial charge < -0.3 is 52.7 Å². The lowest BCUT2D eigenvalue weighted by atomic mass is 9.91. The van der Waals surface area contributed by atoms with Gasteiger partial charge in [0, 0.05) is 36.3 Å². The number of hydrogen-bond acceptors (Lipinski definition) is 18. The number of fused-ring (bicyclic) bond motifs is 2. The van der Waals surface area contributed by atoms with Gasteiger partial charge in [0.05, 0.1) is 19.2 Å². The molecule has 0 unspecified atom stereocenters. The second kappa shape index (κ2) is 15.6. The van der Waals surface area contributed by atoms with Gasteiger partial charge in [-0.3, -0.25) is 4.57 Å². The third kappa shape index (κ3) is 7.52. The number of ether oxygens (including phenoxy) is 1. The Bertz CT molecular complexity index is 2100. The second-order valence-electron chi connectivity index (χ2n) is 15.8. The minimum Gasteiger partial charge on any atom is -0.387 e. The van der Waals surface area contributed by atoms with E-state index in [9.17, 15) is 10.2 Å². The highest BCUT2D eigenvalue weighted by Crippen LogP contribution is 2.39. The third-order valence-electron chi connectivity index (χ3n) is 11.8. The average molecular weight is 773 g/mol. The van der Waals surface area contributed by atoms with Crippen molar-refractivity contribution in [1.82, 2.24) is 59.7 Å². The van der Waals surface area contributed by atoms with Gasteiger partial charge in [0.25, 0.3) is 0 Å². The molecule has 5 aromatic heterocycles. The van der Waals surface area contributed by atoms with E-state index in [0.717, 1.165) is 88.4 Å². The molecule has 4 atom stereocenters. The molecule has 0 amide bonds. The van der Waals surface area contributed by atoms with Gasteiger partial charge >= 0.3 is 0 Å². The molecule has 21 heteroatoms. The van der Waals surface area contributed by atoms with Crippen LogP contribution in [-0.2, 0) is 11.3 Å². The molecule has 1 aliphatic heterocycles. The standard InChI is InChI=1S/C35H52N18O3/c1-2-53-50-31(49-51-53)27-25(54)26(55)33(56-27)52-16-40-24-30(47-35(48-32(24)52)44-22-9-5-18(37)6-10-22)42-20-13-11-19(12-14-20)41-29-23-28(39-15-38-23)45-34(46-29)43-21-7-3-17(36)4-8-21/h15-22,25-27,33,54-55H,2-14,36-37H2,1H3,(H2,42,44,47,48)(H3,38,39,41,43,45,46)/t17-,18-,19-,20-,21-,22-,25-,26+,27+,33-/m1/s1. The molecule has 9 rings (SSSR count). The molecule has 0 aromatic carbocycles. The van der Waals surface area contributed by atoms with E-state index < -0.39 is 24.5 Å². The molecule has 11 N–H and O–H groups in total. The van der Waals surface area contributed by atoms with E-state index in [-0.39, 0.29) is 36.0 Å². The van der Waals surface area contributed by atoms with E-state index in [0.29, 0.717) is 47.1 Å². The zero-order chi connectivity index (χ0) is 38.3. The number of aliphatic hydroxyl groups is 2. The Morgan fingerprint density at radius 3 is 1.91 bits per heavy atom. The molecule has 6 heterocycles. The van der Waals surface area contributed by atoms with Gasteiger partial charge in [-0.05, 0) is 89.2 Å². The fourth-order valence-corrected chi connectivity index (χ4v) is 8.54. The van der Waals surface area contributed by atoms with Gasteiger partial charge in [0.15, 0.2) is 40.8 Å². The Hall–Kier alpha value is -4.83. The number of hydrogen-bond donors (Lipinski definition) is 9. The molecule has 0 spiro atoms. The third-order valence-corrected chi connectivity index (χ3v) is 11.8. The molecule has 21 nitrogen and oxygen atoms in total. The van der Waals surface area contributed by atoms with Crippen LogP contribution >= 0.6 is 0 Å². The van der Waals surface area contributed by atoms with Crippen molar-refractivity contribution in [2.45, 2.75) is 151 Å². The maximum absolute atomic E-state index is 11.2. The first-order valence-corrected chi connectivity index (χ1v) is 20.1. The Balaban J connectivity index is 0.918. The number of aromatic amines is 1. The number of H-pyrrole nitrogens is 1. The van der Waals surface area contributed by atoms with Gasteiger partial charge in [0.1, 0.15) is 17.7 Å². The number of aliphatic hydroxyl groups excluding tert-OH is 2. The van der Waals surface area contributed by atoms with Gasteiger partial charge in [-0.25, -0.2) is 9.97 Å². The van der Waals surface area contributed by atoms with E-state index in [2.05, 4.69) is 46.6 Å². The largest absolute Gasteiger partial charge is 0.387 e. The highest BCUT2D eigenvalue weighted by atomic mass is 16.6. The molecule has 56 heavy (non-hydrogen) atoms. The first-order valence-electron chi connectivity index (χ1n) is 20.1. The molecule has 5 aromatic rings. The minimum absolute atomic E-state index is 0.120. The van der Waals surface area contributed by atoms with Crippen LogP contribution in [0.3, 0.4) is 0 Å². The van der Waals surface area contributed by atoms with Gasteiger partial charge in [0.2, 0.25) is 17.7 Å². The Morgan fingerprint density at radius 1 is 0.732 bits per heavy atom. The number of tetrazole rings is 1. The SMILES string of the molecule is CCn1nnc([C@H]2O[C@@H](n3cnc4c(N[C@H]5CC[C@H](Nc6nc(N[C@H]7CC[C@H](N)CC7)nc7[nH]cnc67)CC5)nc(N[C@H]5CC[C@H](N)CC5)nc43)[C@@H](O)[C@H]2O)n1. The summed E-state index contributed by atoms with van der Waals surface area (Å²) in [6.07, 6.45) is 9.84. The van der Waals surface area contributed by atoms with Gasteiger partial charge in [-0.15, -0.1) is 10.2 Å². The van der Waals surface area contributed by atoms with Crippen molar-refractivity contribution in [1.29, 1.82) is 0 Å². The summed E-state index contributed by atoms with van der Waals surface area (Å²) in [7, 11) is 0. The van der Waals surface area contributed by atoms with Crippen molar-refractivity contribution < 1.29 is 14.9 Å². The summed E-state index contributed by atoms with van der Waals surface area (Å²) in [5.74, 6) is 2.54. The molecule has 4 fully saturated rings. The quantitative estimate of drug-likeness (QED) is 0.0923. The number of nitrogens with two attached hydrogens (primary N) is 2. The van der Waals surface area contributed by atoms with Crippen LogP contribution in [0.1, 0.15) is 102 Å². The first-order chi connectivity index (χ1) is 27.3. The zero-order valence-corrected chi connectivity index (χ0v) is 31.5. The van der Waals surface area contributed by atoms with Crippen molar-refractivity contribution >= 4 is 45.9 Å². The molecular weight excluding hydrogens is 721 g/mol. The lowest BCUT2D eigenvalue weighted by Crippen LogP contribution is -2.34. The van der Waals surface area contributed by atoms with Crippen LogP contribution in [0.2, 0.25) is 0 Å². The molecule has 0 radical (unpaired) electrons. The normalized spacial score (nSPS) is 31.2. The van der Waals surface area contributed by atoms with Crippen LogP contribution in [0.4, 0.5) is 23.5 Å². The minimum atomic E-state index is -1.30. The fraction of sp³-hybridized carbons (Fsp3) is 0.686. The smallest absolute Gasteiger partial charge is 0.227 e. The van der Waals surface area contributed by atoms with Crippen LogP contribution in [0.25, 0.3) is 22.3 Å². The summed E-state index contributed by atoms with van der Waals surface area (Å²) in [6, 6.07) is 1.25. The summed E-state index contributed by atoms with van der Waals surface area (Å²) in [5, 5.41) is 49.0. The molecule has 300 valence electrons. The number of aryl methyl sites for hydroxylation is 1. The van der Waals surface area contributed by atoms with E-state index in [4.69, 9.17) is 41.1 Å². The molecule has 1 saturated heterocycles. The molecule has 3 saturated carbocycles. The monoisotopic (exact) mass is 772 g/mol. The summed E-state index contributed by atoms with van der Waals surface area (Å²) >= 11 is 0. The Kier molecular flexibility index (Phi) is 10.2. The van der Waals surface area contributed by atoms with Gasteiger partial charge in [-0.1, -0.05) is 0 Å². The number of imidazole rings is 2. The first kappa shape index (κ1) is 36.8. The maximum Gasteiger partial charge on any atom is 0.227 e. The summed E-state index contributed by atoms with van der Waals surface area (Å²) in [5.41, 5.74) is 14.7. The lowest BCUT2D eigenvalue weighted by Gasteiger charge is -2.31. The van der Waals surface area contributed by atoms with Crippen LogP contribution in [0.15, 0.2) is 12.7 Å². The predicted molar refractivity (Wildman–Crippen MR) is 206 cm³/mol. The molecule has 3 aliphatic carbocycles. The van der Waals surface area contributed by atoms with Crippen LogP contribution < -0.4 is 32.7 Å². The average Bonchev–Trinajstić information content (AvgIpc) is 4.02. The number of anilines is 4. The highest BCUT2D eigenvalue weighted by molar-refractivity contribution is 5.85. The van der Waals surface area contributed by atoms with Crippen molar-refractivity contribution in [3.63, 3.8) is 0 Å². The second-order valence-corrected chi connectivity index (χ2v) is 15.8. The van der Waals surface area contributed by atoms with E-state index in [1.807, 2.05) is 6.92 Å². The predicted octanol–water partition coefficient (Wildman–Crippen LogP) is 1.69. The number of aromatic nitrogens is 12. The number of nitrogens with zero attached hydrogens (tertiary/aromatic N) is 11. The van der Waals surface area contributed by atoms with Crippen LogP contribution in [0.5, 0.6) is 0 Å². The number of rotatable bonds is 11. The lowest BCUT2D eigenvalue weighted by molar-refractivity contribution is -0.0384. The summed E-state index contributed by atoms with van der Waals surface area (Å²) in [6.45, 7) is 2.39. The molecular formula is C35H52N18O3.